The first-order valence-corrected chi connectivity index (χ1v) is 8.03. The van der Waals surface area contributed by atoms with E-state index in [4.69, 9.17) is 4.74 Å². The quantitative estimate of drug-likeness (QED) is 0.865. The lowest BCUT2D eigenvalue weighted by Crippen LogP contribution is -2.45. The highest BCUT2D eigenvalue weighted by Gasteiger charge is 2.38. The van der Waals surface area contributed by atoms with Gasteiger partial charge in [0.2, 0.25) is 0 Å². The molecule has 0 radical (unpaired) electrons. The van der Waals surface area contributed by atoms with Gasteiger partial charge in [0, 0.05) is 12.6 Å². The molecule has 1 aliphatic carbocycles. The fraction of sp³-hybridized carbons (Fsp3) is 0.688. The van der Waals surface area contributed by atoms with Gasteiger partial charge in [0.1, 0.15) is 5.82 Å². The van der Waals surface area contributed by atoms with E-state index in [9.17, 15) is 4.79 Å². The Morgan fingerprint density at radius 3 is 2.82 bits per heavy atom. The number of hydrogen-bond donors (Lipinski definition) is 1. The van der Waals surface area contributed by atoms with Crippen molar-refractivity contribution in [3.05, 3.63) is 17.8 Å². The van der Waals surface area contributed by atoms with E-state index in [1.165, 1.54) is 26.4 Å². The van der Waals surface area contributed by atoms with E-state index in [-0.39, 0.29) is 11.3 Å². The molecule has 1 aromatic rings. The summed E-state index contributed by atoms with van der Waals surface area (Å²) in [5.74, 6) is 0.233. The molecule has 1 saturated carbocycles. The minimum Gasteiger partial charge on any atom is -0.464 e. The number of hydrogen-bond acceptors (Lipinski definition) is 6. The van der Waals surface area contributed by atoms with Crippen molar-refractivity contribution >= 4 is 11.8 Å². The zero-order valence-electron chi connectivity index (χ0n) is 13.0. The van der Waals surface area contributed by atoms with Crippen molar-refractivity contribution in [3.63, 3.8) is 0 Å². The Labute approximate surface area is 130 Å². The Balaban J connectivity index is 1.61. The van der Waals surface area contributed by atoms with E-state index >= 15 is 0 Å². The lowest BCUT2D eigenvalue weighted by Gasteiger charge is -2.43. The summed E-state index contributed by atoms with van der Waals surface area (Å²) in [6, 6.07) is 3.77. The molecule has 1 aliphatic heterocycles. The molecule has 0 aromatic carbocycles. The molecule has 1 aromatic heterocycles. The molecule has 2 aliphatic rings. The number of carbonyl (C=O) groups is 1. The smallest absolute Gasteiger partial charge is 0.358 e. The first-order valence-electron chi connectivity index (χ1n) is 8.03. The van der Waals surface area contributed by atoms with Crippen LogP contribution in [0.4, 0.5) is 5.82 Å². The van der Waals surface area contributed by atoms with Crippen molar-refractivity contribution < 1.29 is 14.3 Å². The average Bonchev–Trinajstić information content (AvgIpc) is 2.56. The molecular weight excluding hydrogens is 282 g/mol. The van der Waals surface area contributed by atoms with Crippen LogP contribution in [0.5, 0.6) is 0 Å². The molecular formula is C16H23N3O3. The molecule has 1 N–H and O–H groups in total. The van der Waals surface area contributed by atoms with Crippen molar-refractivity contribution in [1.29, 1.82) is 0 Å². The van der Waals surface area contributed by atoms with Crippen molar-refractivity contribution in [2.75, 3.05) is 19.0 Å². The molecule has 1 unspecified atom stereocenters. The van der Waals surface area contributed by atoms with E-state index < -0.39 is 5.97 Å². The van der Waals surface area contributed by atoms with Gasteiger partial charge in [-0.15, -0.1) is 10.2 Å². The van der Waals surface area contributed by atoms with Gasteiger partial charge in [0.05, 0.1) is 12.7 Å². The molecule has 2 fully saturated rings. The Bertz CT molecular complexity index is 506. The molecule has 22 heavy (non-hydrogen) atoms. The number of carbonyl (C=O) groups excluding carboxylic acids is 1. The molecule has 6 nitrogen and oxygen atoms in total. The summed E-state index contributed by atoms with van der Waals surface area (Å²) in [6.45, 7) is 0.797. The number of nitrogens with zero attached hydrogens (tertiary/aromatic N) is 2. The third kappa shape index (κ3) is 3.38. The van der Waals surface area contributed by atoms with E-state index in [1.54, 1.807) is 12.1 Å². The number of esters is 1. The lowest BCUT2D eigenvalue weighted by molar-refractivity contribution is -0.103. The minimum absolute atomic E-state index is 0.0630. The molecule has 3 rings (SSSR count). The topological polar surface area (TPSA) is 73.3 Å². The van der Waals surface area contributed by atoms with Crippen molar-refractivity contribution in [2.45, 2.75) is 56.6 Å². The van der Waals surface area contributed by atoms with Crippen LogP contribution < -0.4 is 5.32 Å². The number of anilines is 1. The molecule has 1 atom stereocenters. The molecule has 120 valence electrons. The van der Waals surface area contributed by atoms with Crippen LogP contribution in [0.15, 0.2) is 12.1 Å². The molecule has 2 heterocycles. The van der Waals surface area contributed by atoms with Gasteiger partial charge in [0.25, 0.3) is 0 Å². The first kappa shape index (κ1) is 15.2. The highest BCUT2D eigenvalue weighted by Crippen LogP contribution is 2.39. The normalized spacial score (nSPS) is 24.0. The predicted molar refractivity (Wildman–Crippen MR) is 81.8 cm³/mol. The van der Waals surface area contributed by atoms with Crippen LogP contribution >= 0.6 is 0 Å². The first-order chi connectivity index (χ1) is 10.7. The third-order valence-electron chi connectivity index (χ3n) is 4.67. The van der Waals surface area contributed by atoms with E-state index in [0.717, 1.165) is 32.3 Å². The summed E-state index contributed by atoms with van der Waals surface area (Å²) >= 11 is 0. The van der Waals surface area contributed by atoms with Crippen LogP contribution in [0, 0.1) is 0 Å². The molecule has 1 saturated heterocycles. The maximum atomic E-state index is 11.4. The summed E-state index contributed by atoms with van der Waals surface area (Å²) < 4.78 is 10.7. The number of aromatic nitrogens is 2. The largest absolute Gasteiger partial charge is 0.464 e. The monoisotopic (exact) mass is 305 g/mol. The van der Waals surface area contributed by atoms with Gasteiger partial charge in [-0.2, -0.15) is 0 Å². The number of rotatable bonds is 3. The summed E-state index contributed by atoms with van der Waals surface area (Å²) in [4.78, 5) is 11.4. The zero-order chi connectivity index (χ0) is 15.4. The fourth-order valence-corrected chi connectivity index (χ4v) is 3.53. The van der Waals surface area contributed by atoms with Gasteiger partial charge in [-0.3, -0.25) is 0 Å². The standard InChI is InChI=1S/C16H23N3O3/c1-21-15(20)13-5-6-14(19-18-13)17-12-7-10-22-16(11-12)8-3-2-4-9-16/h5-6,12H,2-4,7-11H2,1H3,(H,17,19). The van der Waals surface area contributed by atoms with Gasteiger partial charge in [-0.25, -0.2) is 4.79 Å². The third-order valence-corrected chi connectivity index (χ3v) is 4.67. The molecule has 1 spiro atoms. The van der Waals surface area contributed by atoms with Gasteiger partial charge < -0.3 is 14.8 Å². The summed E-state index contributed by atoms with van der Waals surface area (Å²) in [6.07, 6.45) is 8.18. The molecule has 0 amide bonds. The van der Waals surface area contributed by atoms with Gasteiger partial charge in [-0.1, -0.05) is 19.3 Å². The van der Waals surface area contributed by atoms with Crippen LogP contribution in [0.2, 0.25) is 0 Å². The van der Waals surface area contributed by atoms with Gasteiger partial charge >= 0.3 is 5.97 Å². The fourth-order valence-electron chi connectivity index (χ4n) is 3.53. The number of ether oxygens (including phenoxy) is 2. The van der Waals surface area contributed by atoms with Crippen LogP contribution in [0.1, 0.15) is 55.4 Å². The second kappa shape index (κ2) is 6.60. The molecule has 0 bridgehead atoms. The van der Waals surface area contributed by atoms with E-state index in [0.29, 0.717) is 11.9 Å². The summed E-state index contributed by atoms with van der Waals surface area (Å²) in [7, 11) is 1.34. The average molecular weight is 305 g/mol. The van der Waals surface area contributed by atoms with Crippen molar-refractivity contribution in [2.24, 2.45) is 0 Å². The predicted octanol–water partition coefficient (Wildman–Crippen LogP) is 2.56. The van der Waals surface area contributed by atoms with Crippen LogP contribution in [0.25, 0.3) is 0 Å². The second-order valence-corrected chi connectivity index (χ2v) is 6.22. The Kier molecular flexibility index (Phi) is 4.57. The zero-order valence-corrected chi connectivity index (χ0v) is 13.0. The Morgan fingerprint density at radius 2 is 2.14 bits per heavy atom. The summed E-state index contributed by atoms with van der Waals surface area (Å²) in [5, 5.41) is 11.4. The van der Waals surface area contributed by atoms with Crippen molar-refractivity contribution in [1.82, 2.24) is 10.2 Å². The highest BCUT2D eigenvalue weighted by atomic mass is 16.5. The van der Waals surface area contributed by atoms with Gasteiger partial charge in [0.15, 0.2) is 5.69 Å². The maximum Gasteiger partial charge on any atom is 0.358 e. The van der Waals surface area contributed by atoms with E-state index in [2.05, 4.69) is 20.3 Å². The van der Waals surface area contributed by atoms with E-state index in [1.807, 2.05) is 0 Å². The van der Waals surface area contributed by atoms with Crippen LogP contribution in [-0.4, -0.2) is 41.5 Å². The Hall–Kier alpha value is -1.69. The maximum absolute atomic E-state index is 11.4. The SMILES string of the molecule is COC(=O)c1ccc(NC2CCOC3(CCCCC3)C2)nn1. The summed E-state index contributed by atoms with van der Waals surface area (Å²) in [5.41, 5.74) is 0.289. The molecule has 6 heteroatoms. The highest BCUT2D eigenvalue weighted by molar-refractivity contribution is 5.86. The lowest BCUT2D eigenvalue weighted by atomic mass is 9.78. The van der Waals surface area contributed by atoms with Crippen molar-refractivity contribution in [3.8, 4) is 0 Å². The number of nitrogens with one attached hydrogen (secondary N) is 1. The minimum atomic E-state index is -0.466. The number of methoxy groups -OCH3 is 1. The van der Waals surface area contributed by atoms with Gasteiger partial charge in [-0.05, 0) is 37.8 Å². The Morgan fingerprint density at radius 1 is 1.32 bits per heavy atom. The van der Waals surface area contributed by atoms with Crippen LogP contribution in [-0.2, 0) is 9.47 Å². The second-order valence-electron chi connectivity index (χ2n) is 6.22. The van der Waals surface area contributed by atoms with Crippen LogP contribution in [0.3, 0.4) is 0 Å².